The molecule has 0 amide bonds. The highest BCUT2D eigenvalue weighted by Crippen LogP contribution is 2.38. The van der Waals surface area contributed by atoms with E-state index in [2.05, 4.69) is 5.10 Å². The molecule has 3 rings (SSSR count). The molecule has 6 heteroatoms. The van der Waals surface area contributed by atoms with Crippen LogP contribution in [0.15, 0.2) is 12.4 Å². The molecule has 2 fully saturated rings. The Hall–Kier alpha value is -1.14. The summed E-state index contributed by atoms with van der Waals surface area (Å²) in [6.45, 7) is 8.10. The Morgan fingerprint density at radius 3 is 2.30 bits per heavy atom. The first kappa shape index (κ1) is 13.8. The van der Waals surface area contributed by atoms with Gasteiger partial charge in [0.1, 0.15) is 11.8 Å². The van der Waals surface area contributed by atoms with E-state index in [1.807, 2.05) is 33.9 Å². The lowest BCUT2D eigenvalue weighted by atomic mass is 9.77. The molecule has 2 heterocycles. The quantitative estimate of drug-likeness (QED) is 0.616. The van der Waals surface area contributed by atoms with Crippen LogP contribution in [0.2, 0.25) is 0 Å². The van der Waals surface area contributed by atoms with Crippen molar-refractivity contribution in [3.05, 3.63) is 12.4 Å². The molecule has 0 bridgehead atoms. The summed E-state index contributed by atoms with van der Waals surface area (Å²) < 4.78 is 13.8. The minimum atomic E-state index is -0.443. The van der Waals surface area contributed by atoms with Crippen molar-refractivity contribution in [2.24, 2.45) is 0 Å². The first-order valence-electron chi connectivity index (χ1n) is 7.17. The fraction of sp³-hybridized carbons (Fsp3) is 0.714. The molecule has 0 spiro atoms. The van der Waals surface area contributed by atoms with Crippen molar-refractivity contribution in [2.45, 2.75) is 63.7 Å². The third-order valence-electron chi connectivity index (χ3n) is 5.02. The van der Waals surface area contributed by atoms with Crippen molar-refractivity contribution >= 4 is 18.9 Å². The summed E-state index contributed by atoms with van der Waals surface area (Å²) in [5.74, 6) is 0. The maximum absolute atomic E-state index is 11.3. The van der Waals surface area contributed by atoms with Crippen LogP contribution in [-0.2, 0) is 19.6 Å². The highest BCUT2D eigenvalue weighted by atomic mass is 16.7. The lowest BCUT2D eigenvalue weighted by Crippen LogP contribution is -2.43. The summed E-state index contributed by atoms with van der Waals surface area (Å²) in [5.41, 5.74) is -0.296. The fourth-order valence-corrected chi connectivity index (χ4v) is 2.62. The van der Waals surface area contributed by atoms with Gasteiger partial charge in [-0.15, -0.1) is 0 Å². The number of carbonyl (C=O) groups excluding carboxylic acids is 1. The van der Waals surface area contributed by atoms with Crippen molar-refractivity contribution in [1.82, 2.24) is 9.78 Å². The Labute approximate surface area is 119 Å². The number of rotatable bonds is 3. The molecular formula is C14H21BN2O3. The van der Waals surface area contributed by atoms with Crippen molar-refractivity contribution in [3.63, 3.8) is 0 Å². The van der Waals surface area contributed by atoms with Crippen LogP contribution in [0, 0.1) is 0 Å². The van der Waals surface area contributed by atoms with Crippen molar-refractivity contribution in [2.75, 3.05) is 0 Å². The molecule has 1 saturated heterocycles. The summed E-state index contributed by atoms with van der Waals surface area (Å²) in [6.07, 6.45) is 7.44. The highest BCUT2D eigenvalue weighted by Gasteiger charge is 2.52. The summed E-state index contributed by atoms with van der Waals surface area (Å²) in [5, 5.41) is 4.35. The molecule has 1 aliphatic heterocycles. The molecule has 2 aliphatic rings. The SMILES string of the molecule is CC1(C)OB(c2cnn(C3(C=O)CCC3)c2)OC1(C)C. The van der Waals surface area contributed by atoms with E-state index in [1.165, 1.54) is 0 Å². The van der Waals surface area contributed by atoms with E-state index in [4.69, 9.17) is 9.31 Å². The molecule has 0 atom stereocenters. The summed E-state index contributed by atoms with van der Waals surface area (Å²) >= 11 is 0. The largest absolute Gasteiger partial charge is 0.498 e. The fourth-order valence-electron chi connectivity index (χ4n) is 2.62. The minimum Gasteiger partial charge on any atom is -0.399 e. The molecule has 20 heavy (non-hydrogen) atoms. The zero-order valence-corrected chi connectivity index (χ0v) is 12.5. The summed E-state index contributed by atoms with van der Waals surface area (Å²) in [7, 11) is -0.419. The Morgan fingerprint density at radius 2 is 1.85 bits per heavy atom. The number of hydrogen-bond acceptors (Lipinski definition) is 4. The standard InChI is InChI=1S/C14H21BN2O3/c1-12(2)13(3,4)20-15(19-12)11-8-16-17(9-11)14(10-18)6-5-7-14/h8-10H,5-7H2,1-4H3. The average molecular weight is 276 g/mol. The van der Waals surface area contributed by atoms with Gasteiger partial charge in [-0.2, -0.15) is 5.10 Å². The number of carbonyl (C=O) groups is 1. The maximum Gasteiger partial charge on any atom is 0.498 e. The lowest BCUT2D eigenvalue weighted by molar-refractivity contribution is -0.119. The van der Waals surface area contributed by atoms with Crippen LogP contribution in [0.5, 0.6) is 0 Å². The van der Waals surface area contributed by atoms with E-state index in [0.29, 0.717) is 0 Å². The third-order valence-corrected chi connectivity index (χ3v) is 5.02. The molecule has 108 valence electrons. The Bertz CT molecular complexity index is 518. The first-order valence-corrected chi connectivity index (χ1v) is 7.17. The van der Waals surface area contributed by atoms with Gasteiger partial charge in [0.2, 0.25) is 0 Å². The lowest BCUT2D eigenvalue weighted by Gasteiger charge is -2.36. The van der Waals surface area contributed by atoms with Crippen LogP contribution in [0.25, 0.3) is 0 Å². The van der Waals surface area contributed by atoms with E-state index in [9.17, 15) is 4.79 Å². The zero-order chi connectivity index (χ0) is 14.6. The summed E-state index contributed by atoms with van der Waals surface area (Å²) in [6, 6.07) is 0. The highest BCUT2D eigenvalue weighted by molar-refractivity contribution is 6.62. The van der Waals surface area contributed by atoms with Gasteiger partial charge < -0.3 is 14.1 Å². The van der Waals surface area contributed by atoms with Crippen LogP contribution < -0.4 is 5.46 Å². The Morgan fingerprint density at radius 1 is 1.25 bits per heavy atom. The van der Waals surface area contributed by atoms with E-state index in [1.54, 1.807) is 10.9 Å². The van der Waals surface area contributed by atoms with Gasteiger partial charge in [0.25, 0.3) is 0 Å². The van der Waals surface area contributed by atoms with Crippen LogP contribution in [-0.4, -0.2) is 34.4 Å². The van der Waals surface area contributed by atoms with Gasteiger partial charge in [-0.05, 0) is 47.0 Å². The van der Waals surface area contributed by atoms with Gasteiger partial charge in [-0.1, -0.05) is 0 Å². The number of aromatic nitrogens is 2. The van der Waals surface area contributed by atoms with Crippen molar-refractivity contribution in [3.8, 4) is 0 Å². The molecule has 0 radical (unpaired) electrons. The number of hydrogen-bond donors (Lipinski definition) is 0. The summed E-state index contributed by atoms with van der Waals surface area (Å²) in [4.78, 5) is 11.3. The van der Waals surface area contributed by atoms with E-state index >= 15 is 0 Å². The van der Waals surface area contributed by atoms with Crippen molar-refractivity contribution in [1.29, 1.82) is 0 Å². The monoisotopic (exact) mass is 276 g/mol. The molecule has 0 unspecified atom stereocenters. The predicted molar refractivity (Wildman–Crippen MR) is 75.8 cm³/mol. The van der Waals surface area contributed by atoms with Crippen LogP contribution in [0.1, 0.15) is 47.0 Å². The molecule has 1 aromatic heterocycles. The normalized spacial score (nSPS) is 26.3. The molecular weight excluding hydrogens is 255 g/mol. The predicted octanol–water partition coefficient (Wildman–Crippen LogP) is 1.26. The molecule has 1 aliphatic carbocycles. The molecule has 0 aromatic carbocycles. The van der Waals surface area contributed by atoms with Gasteiger partial charge in [-0.3, -0.25) is 4.68 Å². The van der Waals surface area contributed by atoms with Gasteiger partial charge in [0.15, 0.2) is 0 Å². The Kier molecular flexibility index (Phi) is 2.89. The molecule has 1 aromatic rings. The number of aldehydes is 1. The number of nitrogens with zero attached hydrogens (tertiary/aromatic N) is 2. The average Bonchev–Trinajstić information content (AvgIpc) is 2.83. The second kappa shape index (κ2) is 4.18. The van der Waals surface area contributed by atoms with E-state index < -0.39 is 12.7 Å². The topological polar surface area (TPSA) is 53.4 Å². The zero-order valence-electron chi connectivity index (χ0n) is 12.5. The molecule has 1 saturated carbocycles. The second-order valence-corrected chi connectivity index (χ2v) is 6.88. The van der Waals surface area contributed by atoms with Gasteiger partial charge in [0.05, 0.1) is 11.2 Å². The third kappa shape index (κ3) is 1.85. The van der Waals surface area contributed by atoms with E-state index in [-0.39, 0.29) is 11.2 Å². The van der Waals surface area contributed by atoms with Crippen LogP contribution in [0.3, 0.4) is 0 Å². The van der Waals surface area contributed by atoms with Gasteiger partial charge in [-0.25, -0.2) is 0 Å². The van der Waals surface area contributed by atoms with Gasteiger partial charge >= 0.3 is 7.12 Å². The molecule has 5 nitrogen and oxygen atoms in total. The van der Waals surface area contributed by atoms with E-state index in [0.717, 1.165) is 31.0 Å². The smallest absolute Gasteiger partial charge is 0.399 e. The maximum atomic E-state index is 11.3. The van der Waals surface area contributed by atoms with Crippen LogP contribution in [0.4, 0.5) is 0 Å². The molecule has 0 N–H and O–H groups in total. The van der Waals surface area contributed by atoms with Crippen LogP contribution >= 0.6 is 0 Å². The first-order chi connectivity index (χ1) is 9.30. The van der Waals surface area contributed by atoms with Gasteiger partial charge in [0, 0.05) is 17.9 Å². The second-order valence-electron chi connectivity index (χ2n) is 6.88. The van der Waals surface area contributed by atoms with Crippen molar-refractivity contribution < 1.29 is 14.1 Å². The minimum absolute atomic E-state index is 0.363. The Balaban J connectivity index is 1.84.